The van der Waals surface area contributed by atoms with E-state index >= 15 is 0 Å². The Morgan fingerprint density at radius 3 is 1.69 bits per heavy atom. The van der Waals surface area contributed by atoms with Gasteiger partial charge in [0.05, 0.1) is 17.1 Å². The van der Waals surface area contributed by atoms with E-state index in [1.165, 1.54) is 18.2 Å². The van der Waals surface area contributed by atoms with Gasteiger partial charge in [0.1, 0.15) is 11.6 Å². The molecule has 0 bridgehead atoms. The van der Waals surface area contributed by atoms with Gasteiger partial charge >= 0.3 is 0 Å². The Bertz CT molecular complexity index is 1130. The maximum atomic E-state index is 13.6. The van der Waals surface area contributed by atoms with Crippen molar-refractivity contribution < 1.29 is 13.6 Å². The van der Waals surface area contributed by atoms with Crippen LogP contribution in [0.4, 0.5) is 25.8 Å². The molecular weight excluding hydrogens is 454 g/mol. The molecular formula is C21H18F2N6OS2. The van der Waals surface area contributed by atoms with E-state index in [1.54, 1.807) is 54.6 Å². The molecule has 6 N–H and O–H groups in total. The van der Waals surface area contributed by atoms with E-state index in [2.05, 4.69) is 32.3 Å². The number of benzene rings is 3. The lowest BCUT2D eigenvalue weighted by Crippen LogP contribution is -2.43. The van der Waals surface area contributed by atoms with Crippen LogP contribution in [-0.4, -0.2) is 16.1 Å². The van der Waals surface area contributed by atoms with Crippen LogP contribution in [0.25, 0.3) is 0 Å². The van der Waals surface area contributed by atoms with Crippen LogP contribution in [-0.2, 0) is 0 Å². The minimum Gasteiger partial charge on any atom is -0.329 e. The monoisotopic (exact) mass is 472 g/mol. The fourth-order valence-electron chi connectivity index (χ4n) is 2.45. The Morgan fingerprint density at radius 1 is 0.656 bits per heavy atom. The van der Waals surface area contributed by atoms with Gasteiger partial charge < -0.3 is 10.6 Å². The number of para-hydroxylation sites is 2. The Hall–Kier alpha value is -3.83. The Balaban J connectivity index is 1.44. The summed E-state index contributed by atoms with van der Waals surface area (Å²) in [5, 5.41) is 5.57. The number of hydrazine groups is 2. The maximum absolute atomic E-state index is 13.6. The number of hydrogen-bond donors (Lipinski definition) is 6. The molecule has 0 radical (unpaired) electrons. The second kappa shape index (κ2) is 11.0. The maximum Gasteiger partial charge on any atom is 0.269 e. The molecule has 3 aromatic carbocycles. The molecule has 0 fully saturated rings. The molecule has 0 aliphatic heterocycles. The van der Waals surface area contributed by atoms with E-state index in [0.29, 0.717) is 11.3 Å². The van der Waals surface area contributed by atoms with E-state index in [1.807, 2.05) is 0 Å². The van der Waals surface area contributed by atoms with E-state index in [9.17, 15) is 13.6 Å². The van der Waals surface area contributed by atoms with Crippen molar-refractivity contribution in [2.75, 3.05) is 16.1 Å². The summed E-state index contributed by atoms with van der Waals surface area (Å²) in [5.74, 6) is -1.34. The van der Waals surface area contributed by atoms with Crippen LogP contribution in [0.3, 0.4) is 0 Å². The number of halogens is 2. The second-order valence-electron chi connectivity index (χ2n) is 6.27. The molecule has 0 atom stereocenters. The molecule has 7 nitrogen and oxygen atoms in total. The van der Waals surface area contributed by atoms with E-state index in [-0.39, 0.29) is 21.6 Å². The molecule has 3 aromatic rings. The van der Waals surface area contributed by atoms with Crippen LogP contribution in [0.1, 0.15) is 10.4 Å². The summed E-state index contributed by atoms with van der Waals surface area (Å²) in [7, 11) is 0. The summed E-state index contributed by atoms with van der Waals surface area (Å²) in [4.78, 5) is 12.2. The minimum absolute atomic E-state index is 0.0294. The van der Waals surface area contributed by atoms with Gasteiger partial charge in [-0.15, -0.1) is 0 Å². The minimum atomic E-state index is -0.469. The van der Waals surface area contributed by atoms with Gasteiger partial charge in [0.25, 0.3) is 5.91 Å². The van der Waals surface area contributed by atoms with Crippen molar-refractivity contribution in [3.63, 3.8) is 0 Å². The van der Waals surface area contributed by atoms with Crippen molar-refractivity contribution in [3.8, 4) is 0 Å². The van der Waals surface area contributed by atoms with Crippen LogP contribution >= 0.6 is 24.4 Å². The third-order valence-corrected chi connectivity index (χ3v) is 4.41. The zero-order valence-corrected chi connectivity index (χ0v) is 18.0. The highest BCUT2D eigenvalue weighted by Gasteiger charge is 2.08. The molecule has 0 saturated heterocycles. The zero-order chi connectivity index (χ0) is 22.9. The van der Waals surface area contributed by atoms with Gasteiger partial charge in [-0.2, -0.15) is 0 Å². The molecule has 1 amide bonds. The number of carbonyl (C=O) groups excluding carboxylic acids is 1. The number of nitrogens with one attached hydrogen (secondary N) is 6. The second-order valence-corrected chi connectivity index (χ2v) is 7.09. The number of carbonyl (C=O) groups is 1. The third kappa shape index (κ3) is 6.59. The quantitative estimate of drug-likeness (QED) is 0.246. The molecule has 32 heavy (non-hydrogen) atoms. The Labute approximate surface area is 193 Å². The van der Waals surface area contributed by atoms with E-state index in [0.717, 1.165) is 0 Å². The SMILES string of the molecule is O=C(NNC(=S)Nc1ccccc1F)c1ccc(NNC(=S)Nc2ccccc2F)cc1. The molecule has 0 aromatic heterocycles. The predicted molar refractivity (Wildman–Crippen MR) is 129 cm³/mol. The van der Waals surface area contributed by atoms with Crippen LogP contribution in [0.5, 0.6) is 0 Å². The number of amides is 1. The highest BCUT2D eigenvalue weighted by Crippen LogP contribution is 2.13. The highest BCUT2D eigenvalue weighted by molar-refractivity contribution is 7.80. The fraction of sp³-hybridized carbons (Fsp3) is 0. The summed E-state index contributed by atoms with van der Waals surface area (Å²) in [5.41, 5.74) is 11.9. The fourth-order valence-corrected chi connectivity index (χ4v) is 2.77. The molecule has 0 unspecified atom stereocenters. The normalized spacial score (nSPS) is 9.94. The van der Waals surface area contributed by atoms with Crippen molar-refractivity contribution in [2.45, 2.75) is 0 Å². The molecule has 11 heteroatoms. The average Bonchev–Trinajstić information content (AvgIpc) is 2.79. The third-order valence-electron chi connectivity index (χ3n) is 4.00. The van der Waals surface area contributed by atoms with E-state index in [4.69, 9.17) is 24.4 Å². The van der Waals surface area contributed by atoms with Crippen molar-refractivity contribution in [1.82, 2.24) is 16.3 Å². The van der Waals surface area contributed by atoms with Gasteiger partial charge in [-0.3, -0.25) is 26.5 Å². The predicted octanol–water partition coefficient (Wildman–Crippen LogP) is 3.91. The topological polar surface area (TPSA) is 89.2 Å². The summed E-state index contributed by atoms with van der Waals surface area (Å²) in [6.45, 7) is 0. The Kier molecular flexibility index (Phi) is 7.84. The van der Waals surface area contributed by atoms with E-state index < -0.39 is 17.5 Å². The van der Waals surface area contributed by atoms with Gasteiger partial charge in [-0.25, -0.2) is 8.78 Å². The van der Waals surface area contributed by atoms with Crippen LogP contribution in [0.15, 0.2) is 72.8 Å². The molecule has 0 aliphatic rings. The smallest absolute Gasteiger partial charge is 0.269 e. The summed E-state index contributed by atoms with van der Waals surface area (Å²) in [6.07, 6.45) is 0. The van der Waals surface area contributed by atoms with Crippen molar-refractivity contribution in [1.29, 1.82) is 0 Å². The summed E-state index contributed by atoms with van der Waals surface area (Å²) in [6, 6.07) is 18.6. The molecule has 0 aliphatic carbocycles. The Morgan fingerprint density at radius 2 is 1.16 bits per heavy atom. The van der Waals surface area contributed by atoms with Gasteiger partial charge in [-0.05, 0) is 73.0 Å². The van der Waals surface area contributed by atoms with Crippen LogP contribution < -0.4 is 32.3 Å². The van der Waals surface area contributed by atoms with Crippen LogP contribution in [0.2, 0.25) is 0 Å². The van der Waals surface area contributed by atoms with Crippen molar-refractivity contribution >= 4 is 57.6 Å². The largest absolute Gasteiger partial charge is 0.329 e. The molecule has 0 spiro atoms. The van der Waals surface area contributed by atoms with Gasteiger partial charge in [0.15, 0.2) is 10.2 Å². The lowest BCUT2D eigenvalue weighted by molar-refractivity contribution is 0.0944. The van der Waals surface area contributed by atoms with Crippen LogP contribution in [0, 0.1) is 11.6 Å². The van der Waals surface area contributed by atoms with Crippen molar-refractivity contribution in [2.24, 2.45) is 0 Å². The number of anilines is 3. The number of rotatable bonds is 5. The summed E-state index contributed by atoms with van der Waals surface area (Å²) >= 11 is 10.1. The molecule has 3 rings (SSSR count). The lowest BCUT2D eigenvalue weighted by atomic mass is 10.2. The number of hydrogen-bond acceptors (Lipinski definition) is 4. The average molecular weight is 473 g/mol. The standard InChI is InChI=1S/C21H18F2N6OS2/c22-15-5-1-3-7-17(15)24-20(31)28-26-14-11-9-13(10-12-14)19(30)27-29-21(32)25-18-8-4-2-6-16(18)23/h1-12,26H,(H,27,30)(H2,24,28,31)(H2,25,29,32). The lowest BCUT2D eigenvalue weighted by Gasteiger charge is -2.14. The first kappa shape index (κ1) is 22.8. The molecule has 0 heterocycles. The first-order valence-corrected chi connectivity index (χ1v) is 10.0. The van der Waals surface area contributed by atoms with Gasteiger partial charge in [0, 0.05) is 5.56 Å². The first-order chi connectivity index (χ1) is 15.4. The van der Waals surface area contributed by atoms with Crippen molar-refractivity contribution in [3.05, 3.63) is 90.0 Å². The number of thiocarbonyl (C=S) groups is 2. The zero-order valence-electron chi connectivity index (χ0n) is 16.4. The van der Waals surface area contributed by atoms with Gasteiger partial charge in [0.2, 0.25) is 0 Å². The molecule has 164 valence electrons. The highest BCUT2D eigenvalue weighted by atomic mass is 32.1. The summed E-state index contributed by atoms with van der Waals surface area (Å²) < 4.78 is 27.2. The first-order valence-electron chi connectivity index (χ1n) is 9.22. The molecule has 0 saturated carbocycles. The van der Waals surface area contributed by atoms with Gasteiger partial charge in [-0.1, -0.05) is 24.3 Å².